The molecular formula is C14H26N2O3. The van der Waals surface area contributed by atoms with Gasteiger partial charge in [0.05, 0.1) is 25.4 Å². The van der Waals surface area contributed by atoms with Crippen molar-refractivity contribution in [3.05, 3.63) is 0 Å². The van der Waals surface area contributed by atoms with E-state index < -0.39 is 0 Å². The molecule has 2 fully saturated rings. The highest BCUT2D eigenvalue weighted by Crippen LogP contribution is 2.27. The zero-order valence-corrected chi connectivity index (χ0v) is 11.8. The van der Waals surface area contributed by atoms with Crippen molar-refractivity contribution >= 4 is 5.91 Å². The maximum Gasteiger partial charge on any atom is 0.223 e. The molecule has 2 atom stereocenters. The predicted octanol–water partition coefficient (Wildman–Crippen LogP) is 0.502. The first-order chi connectivity index (χ1) is 9.10. The molecule has 1 saturated heterocycles. The Hall–Kier alpha value is -0.650. The van der Waals surface area contributed by atoms with Gasteiger partial charge in [0, 0.05) is 19.0 Å². The fourth-order valence-electron chi connectivity index (χ4n) is 3.03. The number of carbonyl (C=O) groups is 1. The average molecular weight is 270 g/mol. The molecular weight excluding hydrogens is 244 g/mol. The van der Waals surface area contributed by atoms with Crippen LogP contribution in [0.4, 0.5) is 0 Å². The SMILES string of the molecule is CC1COC(CO)CN1C(=O)CC1CCC(N)CC1. The Labute approximate surface area is 115 Å². The second kappa shape index (κ2) is 6.68. The molecule has 2 aliphatic rings. The first-order valence-corrected chi connectivity index (χ1v) is 7.37. The Morgan fingerprint density at radius 2 is 2.05 bits per heavy atom. The summed E-state index contributed by atoms with van der Waals surface area (Å²) in [4.78, 5) is 14.3. The summed E-state index contributed by atoms with van der Waals surface area (Å²) in [5, 5.41) is 9.15. The zero-order chi connectivity index (χ0) is 13.8. The first kappa shape index (κ1) is 14.8. The lowest BCUT2D eigenvalue weighted by Crippen LogP contribution is -2.52. The van der Waals surface area contributed by atoms with Crippen LogP contribution in [0.25, 0.3) is 0 Å². The van der Waals surface area contributed by atoms with E-state index in [0.717, 1.165) is 25.7 Å². The third-order valence-corrected chi connectivity index (χ3v) is 4.38. The Morgan fingerprint density at radius 3 is 2.68 bits per heavy atom. The molecule has 1 amide bonds. The van der Waals surface area contributed by atoms with Crippen molar-refractivity contribution in [3.8, 4) is 0 Å². The van der Waals surface area contributed by atoms with Crippen LogP contribution in [0.5, 0.6) is 0 Å². The van der Waals surface area contributed by atoms with Gasteiger partial charge in [0.25, 0.3) is 0 Å². The van der Waals surface area contributed by atoms with Gasteiger partial charge in [-0.2, -0.15) is 0 Å². The van der Waals surface area contributed by atoms with Crippen LogP contribution in [0.2, 0.25) is 0 Å². The number of hydrogen-bond acceptors (Lipinski definition) is 4. The number of carbonyl (C=O) groups excluding carboxylic acids is 1. The maximum absolute atomic E-state index is 12.4. The predicted molar refractivity (Wildman–Crippen MR) is 72.6 cm³/mol. The number of hydrogen-bond donors (Lipinski definition) is 2. The van der Waals surface area contributed by atoms with Crippen LogP contribution in [-0.2, 0) is 9.53 Å². The number of morpholine rings is 1. The van der Waals surface area contributed by atoms with Crippen molar-refractivity contribution in [2.24, 2.45) is 11.7 Å². The van der Waals surface area contributed by atoms with Crippen molar-refractivity contribution in [1.82, 2.24) is 4.90 Å². The van der Waals surface area contributed by atoms with E-state index in [4.69, 9.17) is 15.6 Å². The molecule has 0 radical (unpaired) electrons. The fraction of sp³-hybridized carbons (Fsp3) is 0.929. The lowest BCUT2D eigenvalue weighted by molar-refractivity contribution is -0.147. The molecule has 3 N–H and O–H groups in total. The molecule has 0 aromatic heterocycles. The molecule has 0 bridgehead atoms. The molecule has 110 valence electrons. The molecule has 0 spiro atoms. The average Bonchev–Trinajstić information content (AvgIpc) is 2.42. The van der Waals surface area contributed by atoms with E-state index in [0.29, 0.717) is 31.5 Å². The number of nitrogens with two attached hydrogens (primary N) is 1. The van der Waals surface area contributed by atoms with Gasteiger partial charge in [-0.05, 0) is 38.5 Å². The summed E-state index contributed by atoms with van der Waals surface area (Å²) in [5.74, 6) is 0.685. The van der Waals surface area contributed by atoms with Crippen LogP contribution >= 0.6 is 0 Å². The summed E-state index contributed by atoms with van der Waals surface area (Å²) in [7, 11) is 0. The highest BCUT2D eigenvalue weighted by molar-refractivity contribution is 5.77. The minimum atomic E-state index is -0.222. The summed E-state index contributed by atoms with van der Waals surface area (Å²) in [6.07, 6.45) is 4.60. The number of rotatable bonds is 3. The monoisotopic (exact) mass is 270 g/mol. The van der Waals surface area contributed by atoms with Gasteiger partial charge in [-0.1, -0.05) is 0 Å². The van der Waals surface area contributed by atoms with Gasteiger partial charge in [0.1, 0.15) is 0 Å². The van der Waals surface area contributed by atoms with Gasteiger partial charge in [-0.3, -0.25) is 4.79 Å². The maximum atomic E-state index is 12.4. The van der Waals surface area contributed by atoms with Crippen LogP contribution in [0.1, 0.15) is 39.0 Å². The molecule has 2 unspecified atom stereocenters. The van der Waals surface area contributed by atoms with Crippen molar-refractivity contribution in [3.63, 3.8) is 0 Å². The van der Waals surface area contributed by atoms with Gasteiger partial charge in [0.15, 0.2) is 0 Å². The summed E-state index contributed by atoms with van der Waals surface area (Å²) in [5.41, 5.74) is 5.89. The summed E-state index contributed by atoms with van der Waals surface area (Å²) >= 11 is 0. The van der Waals surface area contributed by atoms with Crippen molar-refractivity contribution in [2.45, 2.75) is 57.2 Å². The van der Waals surface area contributed by atoms with Gasteiger partial charge in [-0.25, -0.2) is 0 Å². The minimum Gasteiger partial charge on any atom is -0.394 e. The minimum absolute atomic E-state index is 0.0191. The molecule has 1 saturated carbocycles. The van der Waals surface area contributed by atoms with Crippen LogP contribution in [0, 0.1) is 5.92 Å². The largest absolute Gasteiger partial charge is 0.394 e. The highest BCUT2D eigenvalue weighted by Gasteiger charge is 2.31. The number of aliphatic hydroxyl groups is 1. The number of aliphatic hydroxyl groups excluding tert-OH is 1. The van der Waals surface area contributed by atoms with E-state index in [1.54, 1.807) is 0 Å². The molecule has 1 aliphatic heterocycles. The molecule has 1 heterocycles. The van der Waals surface area contributed by atoms with E-state index in [9.17, 15) is 4.79 Å². The lowest BCUT2D eigenvalue weighted by atomic mass is 9.84. The van der Waals surface area contributed by atoms with Crippen LogP contribution in [0.15, 0.2) is 0 Å². The Bertz CT molecular complexity index is 303. The third kappa shape index (κ3) is 3.91. The van der Waals surface area contributed by atoms with E-state index in [1.165, 1.54) is 0 Å². The Morgan fingerprint density at radius 1 is 1.37 bits per heavy atom. The molecule has 0 aromatic carbocycles. The van der Waals surface area contributed by atoms with Crippen molar-refractivity contribution in [1.29, 1.82) is 0 Å². The Kier molecular flexibility index (Phi) is 5.19. The number of amides is 1. The van der Waals surface area contributed by atoms with Gasteiger partial charge >= 0.3 is 0 Å². The van der Waals surface area contributed by atoms with E-state index in [1.807, 2.05) is 11.8 Å². The summed E-state index contributed by atoms with van der Waals surface area (Å²) in [6.45, 7) is 3.02. The molecule has 5 nitrogen and oxygen atoms in total. The quantitative estimate of drug-likeness (QED) is 0.783. The van der Waals surface area contributed by atoms with Crippen LogP contribution in [-0.4, -0.2) is 53.9 Å². The van der Waals surface area contributed by atoms with Gasteiger partial charge < -0.3 is 20.5 Å². The topological polar surface area (TPSA) is 75.8 Å². The number of nitrogens with zero attached hydrogens (tertiary/aromatic N) is 1. The molecule has 2 rings (SSSR count). The first-order valence-electron chi connectivity index (χ1n) is 7.37. The zero-order valence-electron chi connectivity index (χ0n) is 11.8. The second-order valence-electron chi connectivity index (χ2n) is 6.02. The second-order valence-corrected chi connectivity index (χ2v) is 6.02. The van der Waals surface area contributed by atoms with E-state index in [2.05, 4.69) is 0 Å². The molecule has 5 heteroatoms. The van der Waals surface area contributed by atoms with Gasteiger partial charge in [0.2, 0.25) is 5.91 Å². The smallest absolute Gasteiger partial charge is 0.223 e. The summed E-state index contributed by atoms with van der Waals surface area (Å²) < 4.78 is 5.46. The summed E-state index contributed by atoms with van der Waals surface area (Å²) in [6, 6.07) is 0.438. The fourth-order valence-corrected chi connectivity index (χ4v) is 3.03. The lowest BCUT2D eigenvalue weighted by Gasteiger charge is -2.38. The van der Waals surface area contributed by atoms with Crippen LogP contribution in [0.3, 0.4) is 0 Å². The number of ether oxygens (including phenoxy) is 1. The van der Waals surface area contributed by atoms with Crippen molar-refractivity contribution in [2.75, 3.05) is 19.8 Å². The Balaban J connectivity index is 1.84. The molecule has 19 heavy (non-hydrogen) atoms. The molecule has 1 aliphatic carbocycles. The van der Waals surface area contributed by atoms with Crippen molar-refractivity contribution < 1.29 is 14.6 Å². The normalized spacial score (nSPS) is 36.3. The van der Waals surface area contributed by atoms with E-state index >= 15 is 0 Å². The highest BCUT2D eigenvalue weighted by atomic mass is 16.5. The molecule has 0 aromatic rings. The third-order valence-electron chi connectivity index (χ3n) is 4.38. The van der Waals surface area contributed by atoms with Gasteiger partial charge in [-0.15, -0.1) is 0 Å². The van der Waals surface area contributed by atoms with Crippen LogP contribution < -0.4 is 5.73 Å². The van der Waals surface area contributed by atoms with E-state index in [-0.39, 0.29) is 24.7 Å². The standard InChI is InChI=1S/C14H26N2O3/c1-10-9-19-13(8-17)7-16(10)14(18)6-11-2-4-12(15)5-3-11/h10-13,17H,2-9,15H2,1H3.